The molecule has 3 N–H and O–H groups in total. The fraction of sp³-hybridized carbons (Fsp3) is 0.303. The van der Waals surface area contributed by atoms with Crippen LogP contribution >= 0.6 is 11.8 Å². The van der Waals surface area contributed by atoms with Gasteiger partial charge in [-0.05, 0) is 37.6 Å². The maximum Gasteiger partial charge on any atom is 0.342 e. The fourth-order valence-electron chi connectivity index (χ4n) is 5.43. The first kappa shape index (κ1) is 33.3. The zero-order chi connectivity index (χ0) is 33.9. The number of aliphatic carboxylic acids is 1. The Morgan fingerprint density at radius 1 is 1.00 bits per heavy atom. The van der Waals surface area contributed by atoms with Crippen molar-refractivity contribution in [2.75, 3.05) is 13.7 Å². The largest absolute Gasteiger partial charge is 0.546 e. The minimum atomic E-state index is -1.26. The second-order valence-electron chi connectivity index (χ2n) is 11.2. The Labute approximate surface area is 274 Å². The fourth-order valence-corrected chi connectivity index (χ4v) is 7.05. The number of esters is 2. The van der Waals surface area contributed by atoms with Crippen LogP contribution < -0.4 is 25.6 Å². The van der Waals surface area contributed by atoms with Gasteiger partial charge in [0.05, 0.1) is 18.6 Å². The van der Waals surface area contributed by atoms with E-state index in [0.29, 0.717) is 28.2 Å². The van der Waals surface area contributed by atoms with Crippen molar-refractivity contribution >= 4 is 41.5 Å². The molecule has 2 amide bonds. The van der Waals surface area contributed by atoms with E-state index in [1.807, 2.05) is 19.9 Å². The summed E-state index contributed by atoms with van der Waals surface area (Å²) in [4.78, 5) is 62.4. The third kappa shape index (κ3) is 6.88. The van der Waals surface area contributed by atoms with E-state index in [4.69, 9.17) is 24.7 Å². The van der Waals surface area contributed by atoms with Crippen molar-refractivity contribution in [3.8, 4) is 11.5 Å². The predicted molar refractivity (Wildman–Crippen MR) is 166 cm³/mol. The molecule has 3 aliphatic heterocycles. The molecule has 3 aromatic rings. The van der Waals surface area contributed by atoms with Crippen LogP contribution in [0.5, 0.6) is 11.5 Å². The van der Waals surface area contributed by atoms with Gasteiger partial charge < -0.3 is 44.8 Å². The molecule has 2 saturated heterocycles. The van der Waals surface area contributed by atoms with Crippen LogP contribution in [0.15, 0.2) is 78.9 Å². The van der Waals surface area contributed by atoms with Gasteiger partial charge in [-0.3, -0.25) is 9.59 Å². The number of thioether (sulfide) groups is 1. The molecule has 0 bridgehead atoms. The number of rotatable bonds is 9. The molecule has 246 valence electrons. The highest BCUT2D eigenvalue weighted by Gasteiger charge is 2.65. The lowest BCUT2D eigenvalue weighted by Crippen LogP contribution is -2.71. The average molecular weight is 663 g/mol. The van der Waals surface area contributed by atoms with Crippen molar-refractivity contribution in [1.29, 1.82) is 0 Å². The third-order valence-electron chi connectivity index (χ3n) is 7.69. The van der Waals surface area contributed by atoms with E-state index in [-0.39, 0.29) is 5.91 Å². The molecule has 0 saturated carbocycles. The minimum absolute atomic E-state index is 0.343. The molecule has 0 aromatic heterocycles. The standard InChI is InChI=1S/C24H23N3O6S.C9H10O4/c1-24(2)17(22(31)33-23-14-11-7-6-10-13(14)21(30)32-23)27-19(29)16(20(27)34-24)26-18(28)15(25)12-8-4-3-5-9-12;1-12-7-4-2-3-5-8(7)13-6-9(10)11/h3-11,15-17,20,23H,25H2,1-2H3,(H,26,28);2-5H,6H2,1H3,(H,10,11)/p-1/t15-,16-,17+,20-,23?;/m1./s1. The molecular formula is C33H32N3O10S-. The maximum atomic E-state index is 13.2. The molecule has 2 fully saturated rings. The topological polar surface area (TPSA) is 187 Å². The summed E-state index contributed by atoms with van der Waals surface area (Å²) >= 11 is 1.40. The zero-order valence-corrected chi connectivity index (χ0v) is 26.4. The van der Waals surface area contributed by atoms with E-state index in [1.165, 1.54) is 23.8 Å². The first-order valence-electron chi connectivity index (χ1n) is 14.5. The van der Waals surface area contributed by atoms with Crippen molar-refractivity contribution in [3.63, 3.8) is 0 Å². The molecule has 3 aromatic carbocycles. The predicted octanol–water partition coefficient (Wildman–Crippen LogP) is 1.47. The number of carboxylic acid groups (broad SMARTS) is 1. The van der Waals surface area contributed by atoms with E-state index in [9.17, 15) is 29.1 Å². The van der Waals surface area contributed by atoms with E-state index < -0.39 is 65.0 Å². The Morgan fingerprint density at radius 2 is 1.64 bits per heavy atom. The van der Waals surface area contributed by atoms with Crippen molar-refractivity contribution in [1.82, 2.24) is 10.2 Å². The van der Waals surface area contributed by atoms with Gasteiger partial charge in [0.15, 0.2) is 11.5 Å². The van der Waals surface area contributed by atoms with Crippen molar-refractivity contribution < 1.29 is 48.0 Å². The quantitative estimate of drug-likeness (QED) is 0.249. The van der Waals surface area contributed by atoms with Gasteiger partial charge in [-0.1, -0.05) is 60.7 Å². The number of ether oxygens (including phenoxy) is 4. The number of amides is 2. The number of para-hydroxylation sites is 2. The number of hydrogen-bond acceptors (Lipinski definition) is 12. The molecule has 1 unspecified atom stereocenters. The number of carbonyl (C=O) groups is 5. The van der Waals surface area contributed by atoms with Crippen LogP contribution in [0.1, 0.15) is 47.7 Å². The van der Waals surface area contributed by atoms with Crippen LogP contribution in [0.4, 0.5) is 0 Å². The molecule has 0 radical (unpaired) electrons. The van der Waals surface area contributed by atoms with Crippen molar-refractivity contribution in [3.05, 3.63) is 95.6 Å². The molecule has 14 heteroatoms. The molecule has 0 aliphatic carbocycles. The Morgan fingerprint density at radius 3 is 2.32 bits per heavy atom. The highest BCUT2D eigenvalue weighted by molar-refractivity contribution is 8.01. The number of methoxy groups -OCH3 is 1. The Bertz CT molecular complexity index is 1680. The number of carbonyl (C=O) groups excluding carboxylic acids is 5. The summed E-state index contributed by atoms with van der Waals surface area (Å²) in [6, 6.07) is 19.7. The van der Waals surface area contributed by atoms with Gasteiger partial charge in [0.2, 0.25) is 11.8 Å². The molecule has 3 aliphatic rings. The average Bonchev–Trinajstić information content (AvgIpc) is 3.52. The summed E-state index contributed by atoms with van der Waals surface area (Å²) in [5, 5.41) is 12.4. The number of nitrogens with two attached hydrogens (primary N) is 1. The van der Waals surface area contributed by atoms with Crippen molar-refractivity contribution in [2.45, 2.75) is 48.4 Å². The third-order valence-corrected chi connectivity index (χ3v) is 9.26. The van der Waals surface area contributed by atoms with Crippen molar-refractivity contribution in [2.24, 2.45) is 5.73 Å². The van der Waals surface area contributed by atoms with Crippen LogP contribution in [0.25, 0.3) is 0 Å². The number of hydrogen-bond donors (Lipinski definition) is 2. The number of nitrogens with one attached hydrogen (secondary N) is 1. The van der Waals surface area contributed by atoms with Crippen LogP contribution in [0.2, 0.25) is 0 Å². The number of β-lactam (4-membered cyclic amide) rings is 1. The van der Waals surface area contributed by atoms with Crippen LogP contribution in [-0.2, 0) is 28.7 Å². The molecule has 3 heterocycles. The SMILES string of the molecule is CC1(C)S[C@@H]2[C@H](NC(=O)[C@H](N)c3ccccc3)C(=O)N2[C@H]1C(=O)OC1OC(=O)c2ccccc21.COc1ccccc1OCC(=O)[O-]. The normalized spacial score (nSPS) is 22.3. The molecule has 5 atom stereocenters. The Kier molecular flexibility index (Phi) is 9.72. The second kappa shape index (κ2) is 13.7. The summed E-state index contributed by atoms with van der Waals surface area (Å²) in [7, 11) is 1.49. The van der Waals surface area contributed by atoms with Gasteiger partial charge in [-0.15, -0.1) is 11.8 Å². The summed E-state index contributed by atoms with van der Waals surface area (Å²) in [6.45, 7) is 3.19. The van der Waals surface area contributed by atoms with Crippen LogP contribution in [0.3, 0.4) is 0 Å². The number of cyclic esters (lactones) is 1. The molecule has 47 heavy (non-hydrogen) atoms. The monoisotopic (exact) mass is 662 g/mol. The van der Waals surface area contributed by atoms with Gasteiger partial charge in [-0.25, -0.2) is 9.59 Å². The summed E-state index contributed by atoms with van der Waals surface area (Å²) in [6.07, 6.45) is -1.16. The highest BCUT2D eigenvalue weighted by atomic mass is 32.2. The lowest BCUT2D eigenvalue weighted by atomic mass is 9.95. The van der Waals surface area contributed by atoms with Crippen LogP contribution in [0, 0.1) is 0 Å². The lowest BCUT2D eigenvalue weighted by molar-refractivity contribution is -0.307. The van der Waals surface area contributed by atoms with E-state index in [1.54, 1.807) is 72.8 Å². The van der Waals surface area contributed by atoms with Crippen LogP contribution in [-0.4, -0.2) is 70.5 Å². The smallest absolute Gasteiger partial charge is 0.342 e. The number of carboxylic acids is 1. The van der Waals surface area contributed by atoms with Gasteiger partial charge in [0, 0.05) is 10.3 Å². The number of nitrogens with zero attached hydrogens (tertiary/aromatic N) is 1. The minimum Gasteiger partial charge on any atom is -0.546 e. The number of benzene rings is 3. The molecule has 13 nitrogen and oxygen atoms in total. The summed E-state index contributed by atoms with van der Waals surface area (Å²) in [5.74, 6) is -2.45. The highest BCUT2D eigenvalue weighted by Crippen LogP contribution is 2.51. The summed E-state index contributed by atoms with van der Waals surface area (Å²) in [5.41, 5.74) is 7.51. The zero-order valence-electron chi connectivity index (χ0n) is 25.6. The van der Waals surface area contributed by atoms with Gasteiger partial charge in [0.25, 0.3) is 6.29 Å². The number of fused-ring (bicyclic) bond motifs is 2. The first-order chi connectivity index (χ1) is 22.4. The van der Waals surface area contributed by atoms with E-state index in [2.05, 4.69) is 5.32 Å². The van der Waals surface area contributed by atoms with Gasteiger partial charge >= 0.3 is 11.9 Å². The Balaban J connectivity index is 0.000000281. The van der Waals surface area contributed by atoms with Gasteiger partial charge in [-0.2, -0.15) is 0 Å². The maximum absolute atomic E-state index is 13.2. The molecular weight excluding hydrogens is 630 g/mol. The van der Waals surface area contributed by atoms with E-state index >= 15 is 0 Å². The molecule has 0 spiro atoms. The first-order valence-corrected chi connectivity index (χ1v) is 15.4. The van der Waals surface area contributed by atoms with E-state index in [0.717, 1.165) is 0 Å². The lowest BCUT2D eigenvalue weighted by Gasteiger charge is -2.44. The summed E-state index contributed by atoms with van der Waals surface area (Å²) < 4.78 is 19.9. The molecule has 6 rings (SSSR count). The van der Waals surface area contributed by atoms with Gasteiger partial charge in [0.1, 0.15) is 30.1 Å². The second-order valence-corrected chi connectivity index (χ2v) is 13.0. The Hall–Kier alpha value is -5.08.